The molecular weight excluding hydrogens is 454 g/mol. The van der Waals surface area contributed by atoms with E-state index in [9.17, 15) is 4.79 Å². The van der Waals surface area contributed by atoms with Crippen LogP contribution in [0.2, 0.25) is 0 Å². The van der Waals surface area contributed by atoms with Gasteiger partial charge < -0.3 is 14.2 Å². The van der Waals surface area contributed by atoms with Crippen LogP contribution in [0.5, 0.6) is 5.75 Å². The first-order valence-corrected chi connectivity index (χ1v) is 12.2. The highest BCUT2D eigenvalue weighted by Gasteiger charge is 2.24. The predicted molar refractivity (Wildman–Crippen MR) is 147 cm³/mol. The van der Waals surface area contributed by atoms with Crippen LogP contribution in [-0.2, 0) is 0 Å². The molecule has 3 aromatic heterocycles. The molecule has 1 atom stereocenters. The number of aromatic nitrogens is 4. The Morgan fingerprint density at radius 3 is 2.56 bits per heavy atom. The summed E-state index contributed by atoms with van der Waals surface area (Å²) in [6.07, 6.45) is 6.84. The molecule has 0 spiro atoms. The number of hydrogen-bond acceptors (Lipinski definition) is 6. The van der Waals surface area contributed by atoms with Crippen molar-refractivity contribution in [3.63, 3.8) is 0 Å². The third kappa shape index (κ3) is 4.76. The minimum absolute atomic E-state index is 0.134. The predicted octanol–water partition coefficient (Wildman–Crippen LogP) is 6.54. The Balaban J connectivity index is 0.00000176. The number of fused-ring (bicyclic) bond motifs is 3. The average molecular weight is 490 g/mol. The molecule has 1 aromatic carbocycles. The number of hydrogen-bond donors (Lipinski definition) is 1. The normalized spacial score (nSPS) is 12.9. The maximum absolute atomic E-state index is 13.1. The summed E-state index contributed by atoms with van der Waals surface area (Å²) < 4.78 is 12.9. The van der Waals surface area contributed by atoms with Gasteiger partial charge in [0.2, 0.25) is 0 Å². The van der Waals surface area contributed by atoms with Gasteiger partial charge in [0.05, 0.1) is 47.2 Å². The molecule has 1 N–H and O–H groups in total. The quantitative estimate of drug-likeness (QED) is 0.235. The summed E-state index contributed by atoms with van der Waals surface area (Å²) >= 11 is 0. The standard InChI is InChI=1S/C26H29N5O3.C2H6/c1-8-9-10-27-24(14(2)3)16(5)31-25-18-12-22(33-7)19(23-15(4)30-34-17(23)6)11-20(18)28-13-21(25)29-26(31)32;1-2/h8-14,16H,1H2,2-7H3,(H,29,32);1-2H3/b10-9-,27-24?;. The van der Waals surface area contributed by atoms with Gasteiger partial charge in [-0.2, -0.15) is 0 Å². The van der Waals surface area contributed by atoms with Crippen LogP contribution in [0.3, 0.4) is 0 Å². The molecule has 1 unspecified atom stereocenters. The van der Waals surface area contributed by atoms with Crippen LogP contribution in [-0.4, -0.2) is 32.5 Å². The van der Waals surface area contributed by atoms with Crippen molar-refractivity contribution in [2.24, 2.45) is 10.9 Å². The zero-order valence-corrected chi connectivity index (χ0v) is 22.3. The fourth-order valence-electron chi connectivity index (χ4n) is 4.50. The van der Waals surface area contributed by atoms with Gasteiger partial charge in [-0.15, -0.1) is 0 Å². The molecule has 8 heteroatoms. The Labute approximate surface area is 211 Å². The number of ether oxygens (including phenoxy) is 1. The monoisotopic (exact) mass is 489 g/mol. The number of aliphatic imine (C=N–C) groups is 1. The van der Waals surface area contributed by atoms with Gasteiger partial charge in [-0.05, 0) is 44.9 Å². The summed E-state index contributed by atoms with van der Waals surface area (Å²) in [4.78, 5) is 25.3. The van der Waals surface area contributed by atoms with Crippen molar-refractivity contribution < 1.29 is 9.26 Å². The lowest BCUT2D eigenvalue weighted by molar-refractivity contribution is 0.393. The Morgan fingerprint density at radius 1 is 1.25 bits per heavy atom. The summed E-state index contributed by atoms with van der Waals surface area (Å²) in [7, 11) is 1.62. The van der Waals surface area contributed by atoms with Gasteiger partial charge >= 0.3 is 5.69 Å². The second-order valence-corrected chi connectivity index (χ2v) is 8.55. The minimum atomic E-state index is -0.283. The molecule has 0 saturated carbocycles. The third-order valence-electron chi connectivity index (χ3n) is 6.02. The molecule has 36 heavy (non-hydrogen) atoms. The lowest BCUT2D eigenvalue weighted by Gasteiger charge is -2.20. The van der Waals surface area contributed by atoms with E-state index in [1.807, 2.05) is 46.8 Å². The second kappa shape index (κ2) is 11.2. The first-order chi connectivity index (χ1) is 17.3. The lowest BCUT2D eigenvalue weighted by atomic mass is 9.99. The van der Waals surface area contributed by atoms with Crippen LogP contribution in [0.15, 0.2) is 57.6 Å². The Kier molecular flexibility index (Phi) is 8.29. The van der Waals surface area contributed by atoms with Crippen LogP contribution in [0.25, 0.3) is 33.1 Å². The molecule has 3 heterocycles. The number of aryl methyl sites for hydroxylation is 2. The largest absolute Gasteiger partial charge is 0.496 e. The summed E-state index contributed by atoms with van der Waals surface area (Å²) in [5, 5.41) is 4.88. The van der Waals surface area contributed by atoms with Crippen molar-refractivity contribution >= 4 is 27.6 Å². The molecule has 0 saturated heterocycles. The van der Waals surface area contributed by atoms with Gasteiger partial charge in [0, 0.05) is 22.9 Å². The van der Waals surface area contributed by atoms with E-state index in [0.29, 0.717) is 17.0 Å². The van der Waals surface area contributed by atoms with Gasteiger partial charge in [-0.1, -0.05) is 45.5 Å². The Hall–Kier alpha value is -3.94. The smallest absolute Gasteiger partial charge is 0.327 e. The van der Waals surface area contributed by atoms with Crippen molar-refractivity contribution in [2.45, 2.75) is 54.5 Å². The van der Waals surface area contributed by atoms with E-state index in [2.05, 4.69) is 40.5 Å². The number of nitrogens with one attached hydrogen (secondary N) is 1. The zero-order chi connectivity index (χ0) is 26.6. The number of methoxy groups -OCH3 is 1. The highest BCUT2D eigenvalue weighted by molar-refractivity contribution is 6.05. The number of allylic oxidation sites excluding steroid dienone is 2. The van der Waals surface area contributed by atoms with Gasteiger partial charge in [0.1, 0.15) is 11.5 Å². The summed E-state index contributed by atoms with van der Waals surface area (Å²) in [5.74, 6) is 1.49. The zero-order valence-electron chi connectivity index (χ0n) is 22.3. The van der Waals surface area contributed by atoms with Gasteiger partial charge in [0.25, 0.3) is 0 Å². The molecule has 0 amide bonds. The fourth-order valence-corrected chi connectivity index (χ4v) is 4.50. The number of H-pyrrole nitrogens is 1. The maximum Gasteiger partial charge on any atom is 0.327 e. The highest BCUT2D eigenvalue weighted by Crippen LogP contribution is 2.39. The van der Waals surface area contributed by atoms with Crippen molar-refractivity contribution in [1.82, 2.24) is 19.7 Å². The van der Waals surface area contributed by atoms with Crippen molar-refractivity contribution in [2.75, 3.05) is 7.11 Å². The van der Waals surface area contributed by atoms with Crippen LogP contribution in [0, 0.1) is 19.8 Å². The van der Waals surface area contributed by atoms with E-state index in [1.165, 1.54) is 0 Å². The van der Waals surface area contributed by atoms with Crippen LogP contribution < -0.4 is 10.4 Å². The number of benzene rings is 1. The molecular formula is C28H35N5O3. The lowest BCUT2D eigenvalue weighted by Crippen LogP contribution is -2.28. The SMILES string of the molecule is C=C/C=C\N=C(C(C)C)C(C)n1c(=O)[nH]c2cnc3cc(-c4c(C)noc4C)c(OC)cc3c21.CC. The molecule has 8 nitrogen and oxygen atoms in total. The summed E-state index contributed by atoms with van der Waals surface area (Å²) in [6.45, 7) is 17.6. The fraction of sp³-hybridized carbons (Fsp3) is 0.357. The maximum atomic E-state index is 13.1. The number of rotatable bonds is 7. The highest BCUT2D eigenvalue weighted by atomic mass is 16.5. The number of pyridine rings is 1. The first kappa shape index (κ1) is 26.7. The van der Waals surface area contributed by atoms with E-state index in [-0.39, 0.29) is 17.6 Å². The van der Waals surface area contributed by atoms with Gasteiger partial charge in [0.15, 0.2) is 0 Å². The van der Waals surface area contributed by atoms with Crippen LogP contribution in [0.1, 0.15) is 52.1 Å². The van der Waals surface area contributed by atoms with E-state index in [4.69, 9.17) is 9.26 Å². The molecule has 0 fully saturated rings. The Bertz CT molecular complexity index is 1480. The van der Waals surface area contributed by atoms with Crippen molar-refractivity contribution in [3.05, 3.63) is 65.2 Å². The van der Waals surface area contributed by atoms with Crippen LogP contribution in [0.4, 0.5) is 0 Å². The van der Waals surface area contributed by atoms with Crippen molar-refractivity contribution in [1.29, 1.82) is 0 Å². The first-order valence-electron chi connectivity index (χ1n) is 12.2. The topological polar surface area (TPSA) is 98.3 Å². The Morgan fingerprint density at radius 2 is 1.97 bits per heavy atom. The molecule has 4 aromatic rings. The summed E-state index contributed by atoms with van der Waals surface area (Å²) in [6, 6.07) is 3.60. The molecule has 0 radical (unpaired) electrons. The summed E-state index contributed by atoms with van der Waals surface area (Å²) in [5.41, 5.74) is 5.30. The number of nitrogens with zero attached hydrogens (tertiary/aromatic N) is 4. The van der Waals surface area contributed by atoms with Crippen LogP contribution >= 0.6 is 0 Å². The molecule has 0 aliphatic heterocycles. The second-order valence-electron chi connectivity index (χ2n) is 8.55. The number of imidazole rings is 1. The van der Waals surface area contributed by atoms with E-state index < -0.39 is 0 Å². The third-order valence-corrected chi connectivity index (χ3v) is 6.02. The van der Waals surface area contributed by atoms with Gasteiger partial charge in [-0.25, -0.2) is 4.79 Å². The van der Waals surface area contributed by atoms with E-state index in [1.54, 1.807) is 36.2 Å². The minimum Gasteiger partial charge on any atom is -0.496 e. The van der Waals surface area contributed by atoms with E-state index in [0.717, 1.165) is 39.0 Å². The molecule has 0 aliphatic rings. The molecule has 190 valence electrons. The van der Waals surface area contributed by atoms with Gasteiger partial charge in [-0.3, -0.25) is 14.5 Å². The van der Waals surface area contributed by atoms with E-state index >= 15 is 0 Å². The number of aromatic amines is 1. The molecule has 0 aliphatic carbocycles. The molecule has 4 rings (SSSR count). The molecule has 0 bridgehead atoms. The van der Waals surface area contributed by atoms with Crippen molar-refractivity contribution in [3.8, 4) is 16.9 Å². The average Bonchev–Trinajstić information content (AvgIpc) is 3.39.